The Labute approximate surface area is 244 Å². The summed E-state index contributed by atoms with van der Waals surface area (Å²) < 4.78 is 18.6. The van der Waals surface area contributed by atoms with Crippen LogP contribution < -0.4 is 14.8 Å². The maximum absolute atomic E-state index is 13.6. The predicted octanol–water partition coefficient (Wildman–Crippen LogP) is 2.17. The molecule has 2 aromatic heterocycles. The number of aromatic nitrogens is 3. The Bertz CT molecular complexity index is 1440. The topological polar surface area (TPSA) is 132 Å². The number of likely N-dealkylation sites (tertiary alicyclic amines) is 1. The molecule has 1 N–H and O–H groups in total. The first kappa shape index (κ1) is 29.2. The van der Waals surface area contributed by atoms with Crippen LogP contribution in [-0.2, 0) is 23.1 Å². The third kappa shape index (κ3) is 5.97. The van der Waals surface area contributed by atoms with Gasteiger partial charge < -0.3 is 29.1 Å². The van der Waals surface area contributed by atoms with E-state index >= 15 is 0 Å². The number of nitrogens with one attached hydrogen (secondary N) is 1. The van der Waals surface area contributed by atoms with Gasteiger partial charge in [0.25, 0.3) is 5.91 Å². The number of nitrogens with zero attached hydrogens (tertiary/aromatic N) is 5. The number of rotatable bonds is 5. The third-order valence-electron chi connectivity index (χ3n) is 8.32. The Morgan fingerprint density at radius 2 is 1.88 bits per heavy atom. The summed E-state index contributed by atoms with van der Waals surface area (Å²) in [5.41, 5.74) is 3.83. The molecule has 0 radical (unpaired) electrons. The number of ether oxygens (including phenoxy) is 2. The monoisotopic (exact) mass is 578 g/mol. The van der Waals surface area contributed by atoms with Crippen molar-refractivity contribution in [3.8, 4) is 11.5 Å². The van der Waals surface area contributed by atoms with E-state index in [1.807, 2.05) is 39.0 Å². The molecule has 5 rings (SSSR count). The smallest absolute Gasteiger partial charge is 0.274 e. The van der Waals surface area contributed by atoms with Crippen LogP contribution in [0.4, 0.5) is 0 Å². The average molecular weight is 579 g/mol. The molecule has 42 heavy (non-hydrogen) atoms. The Kier molecular flexibility index (Phi) is 8.51. The van der Waals surface area contributed by atoms with Gasteiger partial charge >= 0.3 is 0 Å². The highest BCUT2D eigenvalue weighted by Gasteiger charge is 2.41. The van der Waals surface area contributed by atoms with E-state index in [0.29, 0.717) is 49.0 Å². The molecule has 1 saturated heterocycles. The van der Waals surface area contributed by atoms with Gasteiger partial charge in [-0.25, -0.2) is 0 Å². The van der Waals surface area contributed by atoms with Gasteiger partial charge in [0, 0.05) is 56.8 Å². The second kappa shape index (κ2) is 12.3. The minimum absolute atomic E-state index is 0.0513. The fraction of sp³-hybridized carbons (Fsp3) is 0.500. The number of carbonyl (C=O) groups excluding carboxylic acids is 3. The van der Waals surface area contributed by atoms with Crippen LogP contribution in [0.15, 0.2) is 28.8 Å². The van der Waals surface area contributed by atoms with Crippen LogP contribution in [0.25, 0.3) is 0 Å². The number of methoxy groups -OCH3 is 1. The molecule has 2 aliphatic heterocycles. The molecule has 0 saturated carbocycles. The number of amides is 3. The number of carbonyl (C=O) groups is 3. The van der Waals surface area contributed by atoms with Gasteiger partial charge in [-0.15, -0.1) is 0 Å². The van der Waals surface area contributed by atoms with Gasteiger partial charge in [0.05, 0.1) is 25.3 Å². The van der Waals surface area contributed by atoms with Crippen LogP contribution in [0, 0.1) is 26.7 Å². The summed E-state index contributed by atoms with van der Waals surface area (Å²) in [5.74, 6) is 0.648. The second-order valence-corrected chi connectivity index (χ2v) is 11.0. The van der Waals surface area contributed by atoms with Gasteiger partial charge in [-0.2, -0.15) is 5.10 Å². The number of hydrogen-bond acceptors (Lipinski definition) is 8. The molecule has 0 unspecified atom stereocenters. The minimum atomic E-state index is -0.482. The highest BCUT2D eigenvalue weighted by Crippen LogP contribution is 2.38. The lowest BCUT2D eigenvalue weighted by molar-refractivity contribution is -0.132. The molecule has 0 aliphatic carbocycles. The fourth-order valence-corrected chi connectivity index (χ4v) is 5.76. The molecule has 2 aliphatic rings. The zero-order valence-electron chi connectivity index (χ0n) is 24.8. The average Bonchev–Trinajstić information content (AvgIpc) is 3.66. The van der Waals surface area contributed by atoms with E-state index in [1.165, 1.54) is 0 Å². The zero-order chi connectivity index (χ0) is 30.0. The molecule has 1 fully saturated rings. The summed E-state index contributed by atoms with van der Waals surface area (Å²) in [5, 5.41) is 11.4. The summed E-state index contributed by atoms with van der Waals surface area (Å²) in [6.07, 6.45) is 0.799. The van der Waals surface area contributed by atoms with Crippen LogP contribution in [0.1, 0.15) is 51.1 Å². The molecule has 224 valence electrons. The van der Waals surface area contributed by atoms with E-state index in [1.54, 1.807) is 34.7 Å². The van der Waals surface area contributed by atoms with Crippen LogP contribution in [-0.4, -0.2) is 88.9 Å². The van der Waals surface area contributed by atoms with E-state index in [9.17, 15) is 14.4 Å². The molecular weight excluding hydrogens is 540 g/mol. The Morgan fingerprint density at radius 1 is 1.10 bits per heavy atom. The van der Waals surface area contributed by atoms with Crippen LogP contribution >= 0.6 is 0 Å². The van der Waals surface area contributed by atoms with Gasteiger partial charge in [0.1, 0.15) is 12.4 Å². The largest absolute Gasteiger partial charge is 0.493 e. The van der Waals surface area contributed by atoms with Crippen molar-refractivity contribution in [2.45, 2.75) is 39.5 Å². The quantitative estimate of drug-likeness (QED) is 0.487. The van der Waals surface area contributed by atoms with Crippen molar-refractivity contribution < 1.29 is 28.4 Å². The van der Waals surface area contributed by atoms with Crippen LogP contribution in [0.2, 0.25) is 0 Å². The Hall–Kier alpha value is -4.35. The van der Waals surface area contributed by atoms with Gasteiger partial charge in [-0.3, -0.25) is 19.1 Å². The Balaban J connectivity index is 1.36. The maximum Gasteiger partial charge on any atom is 0.274 e. The number of aryl methyl sites for hydroxylation is 4. The summed E-state index contributed by atoms with van der Waals surface area (Å²) in [6.45, 7) is 7.43. The third-order valence-corrected chi connectivity index (χ3v) is 8.32. The van der Waals surface area contributed by atoms with Gasteiger partial charge in [0.15, 0.2) is 17.2 Å². The van der Waals surface area contributed by atoms with Crippen molar-refractivity contribution >= 4 is 17.7 Å². The first-order valence-electron chi connectivity index (χ1n) is 14.2. The van der Waals surface area contributed by atoms with E-state index < -0.39 is 5.92 Å². The van der Waals surface area contributed by atoms with Gasteiger partial charge in [-0.1, -0.05) is 11.2 Å². The fourth-order valence-electron chi connectivity index (χ4n) is 5.76. The lowest BCUT2D eigenvalue weighted by Gasteiger charge is -2.23. The SMILES string of the molecule is COc1ccc2cc1OCCN(C(=O)CCc1c(C)noc1C)CCNC(=O)[C@H]1CN(C(=O)c3cc(C)n(C)n3)C[C@H]21. The maximum atomic E-state index is 13.6. The first-order valence-corrected chi connectivity index (χ1v) is 14.2. The molecule has 1 aromatic carbocycles. The molecule has 3 amide bonds. The second-order valence-electron chi connectivity index (χ2n) is 11.0. The molecule has 0 spiro atoms. The summed E-state index contributed by atoms with van der Waals surface area (Å²) in [6, 6.07) is 7.37. The number of hydrogen-bond donors (Lipinski definition) is 1. The molecule has 4 heterocycles. The molecular formula is C30H38N6O6. The summed E-state index contributed by atoms with van der Waals surface area (Å²) in [7, 11) is 3.37. The minimum Gasteiger partial charge on any atom is -0.493 e. The van der Waals surface area contributed by atoms with Crippen molar-refractivity contribution in [1.82, 2.24) is 30.1 Å². The van der Waals surface area contributed by atoms with Crippen LogP contribution in [0.5, 0.6) is 11.5 Å². The molecule has 2 bridgehead atoms. The van der Waals surface area contributed by atoms with Crippen molar-refractivity contribution in [1.29, 1.82) is 0 Å². The number of benzene rings is 1. The highest BCUT2D eigenvalue weighted by molar-refractivity contribution is 5.93. The van der Waals surface area contributed by atoms with E-state index in [2.05, 4.69) is 15.6 Å². The molecule has 12 nitrogen and oxygen atoms in total. The van der Waals surface area contributed by atoms with E-state index in [-0.39, 0.29) is 49.8 Å². The van der Waals surface area contributed by atoms with Crippen molar-refractivity contribution in [3.63, 3.8) is 0 Å². The molecule has 2 atom stereocenters. The first-order chi connectivity index (χ1) is 20.2. The van der Waals surface area contributed by atoms with E-state index in [0.717, 1.165) is 22.5 Å². The van der Waals surface area contributed by atoms with Gasteiger partial charge in [0.2, 0.25) is 11.8 Å². The van der Waals surface area contributed by atoms with Crippen molar-refractivity contribution in [3.05, 3.63) is 58.2 Å². The lowest BCUT2D eigenvalue weighted by atomic mass is 9.88. The molecule has 3 aromatic rings. The summed E-state index contributed by atoms with van der Waals surface area (Å²) in [4.78, 5) is 43.6. The zero-order valence-corrected chi connectivity index (χ0v) is 24.8. The molecule has 12 heteroatoms. The number of fused-ring (bicyclic) bond motifs is 4. The lowest BCUT2D eigenvalue weighted by Crippen LogP contribution is -2.43. The van der Waals surface area contributed by atoms with Gasteiger partial charge in [-0.05, 0) is 51.0 Å². The summed E-state index contributed by atoms with van der Waals surface area (Å²) >= 11 is 0. The normalized spacial score (nSPS) is 19.2. The Morgan fingerprint density at radius 3 is 2.57 bits per heavy atom. The highest BCUT2D eigenvalue weighted by atomic mass is 16.5. The standard InChI is InChI=1S/C30H38N6O6/c1-18-14-25(32-34(18)4)30(39)36-16-23-21-6-8-26(40-5)27(15-21)41-13-12-35(11-10-31-29(38)24(23)17-36)28(37)9-7-22-19(2)33-42-20(22)3/h6,8,14-15,23-24H,7,9-13,16-17H2,1-5H3,(H,31,38)/t23-,24+/m1/s1. The predicted molar refractivity (Wildman–Crippen MR) is 152 cm³/mol. The van der Waals surface area contributed by atoms with Crippen molar-refractivity contribution in [2.24, 2.45) is 13.0 Å². The van der Waals surface area contributed by atoms with Crippen LogP contribution in [0.3, 0.4) is 0 Å². The van der Waals surface area contributed by atoms with Crippen molar-refractivity contribution in [2.75, 3.05) is 46.4 Å². The van der Waals surface area contributed by atoms with E-state index in [4.69, 9.17) is 14.0 Å².